The second-order valence-corrected chi connectivity index (χ2v) is 4.62. The Morgan fingerprint density at radius 2 is 0.333 bits per heavy atom. The zero-order chi connectivity index (χ0) is 13.5. The van der Waals surface area contributed by atoms with Crippen LogP contribution >= 0.6 is 23.5 Å². The van der Waals surface area contributed by atoms with Crippen LogP contribution in [-0.2, 0) is 13.7 Å². The van der Waals surface area contributed by atoms with Gasteiger partial charge in [-0.2, -0.15) is 0 Å². The molecule has 0 bridgehead atoms. The molecule has 0 fully saturated rings. The lowest BCUT2D eigenvalue weighted by atomic mass is 15.8. The monoisotopic (exact) mass is 402 g/mol. The Morgan fingerprint density at radius 3 is 0.333 bits per heavy atom. The third-order valence-electron chi connectivity index (χ3n) is 0. The molecule has 0 heterocycles. The summed E-state index contributed by atoms with van der Waals surface area (Å²) in [6.45, 7) is 0. The summed E-state index contributed by atoms with van der Waals surface area (Å²) in [5.41, 5.74) is 0. The molecule has 0 aromatic carbocycles. The van der Waals surface area contributed by atoms with Crippen LogP contribution in [0.5, 0.6) is 0 Å². The average molecular weight is 402 g/mol. The molecule has 0 saturated carbocycles. The molecule has 0 aliphatic rings. The molecule has 18 nitrogen and oxygen atoms in total. The highest BCUT2D eigenvalue weighted by atomic mass is 31.2. The predicted octanol–water partition coefficient (Wildman–Crippen LogP) is -7.73. The van der Waals surface area contributed by atoms with Crippen molar-refractivity contribution in [1.29, 1.82) is 0 Å². The van der Waals surface area contributed by atoms with E-state index < -0.39 is 23.5 Å². The molecule has 0 aliphatic carbocycles. The second-order valence-electron chi connectivity index (χ2n) is 1.54. The van der Waals surface area contributed by atoms with Crippen LogP contribution in [0.1, 0.15) is 0 Å². The number of hydrogen-bond acceptors (Lipinski definition) is 3. The van der Waals surface area contributed by atoms with Crippen LogP contribution in [0.2, 0.25) is 0 Å². The quantitative estimate of drug-likeness (QED) is 0.170. The standard InChI is InChI=1S/3H3O4P.6H2O/c3*1-5(2,3)4;;;;;;/h3*(H3,1,2,3,4);6*1H2. The van der Waals surface area contributed by atoms with Crippen LogP contribution in [0.3, 0.4) is 0 Å². The van der Waals surface area contributed by atoms with Crippen molar-refractivity contribution in [2.45, 2.75) is 0 Å². The van der Waals surface area contributed by atoms with Gasteiger partial charge in [0.1, 0.15) is 0 Å². The molecule has 0 saturated heterocycles. The molecule has 0 aliphatic heterocycles. The summed E-state index contributed by atoms with van der Waals surface area (Å²) in [6.07, 6.45) is 0. The molecule has 0 rings (SSSR count). The molecule has 21 heteroatoms. The molecule has 0 amide bonds. The van der Waals surface area contributed by atoms with E-state index in [1.54, 1.807) is 0 Å². The summed E-state index contributed by atoms with van der Waals surface area (Å²) in [7, 11) is -13.9. The van der Waals surface area contributed by atoms with Crippen molar-refractivity contribution in [2.75, 3.05) is 0 Å². The van der Waals surface area contributed by atoms with Crippen LogP contribution in [0, 0.1) is 0 Å². The summed E-state index contributed by atoms with van der Waals surface area (Å²) in [5, 5.41) is 0. The molecule has 0 unspecified atom stereocenters. The van der Waals surface area contributed by atoms with Crippen molar-refractivity contribution in [3.8, 4) is 0 Å². The Bertz CT molecular complexity index is 198. The summed E-state index contributed by atoms with van der Waals surface area (Å²) < 4.78 is 26.6. The number of hydrogen-bond donors (Lipinski definition) is 9. The van der Waals surface area contributed by atoms with Crippen molar-refractivity contribution in [2.24, 2.45) is 0 Å². The predicted molar refractivity (Wildman–Crippen MR) is 64.5 cm³/mol. The minimum Gasteiger partial charge on any atom is -0.412 e. The first-order valence-electron chi connectivity index (χ1n) is 2.35. The molecule has 0 spiro atoms. The zero-order valence-electron chi connectivity index (χ0n) is 9.59. The van der Waals surface area contributed by atoms with E-state index in [4.69, 9.17) is 57.7 Å². The maximum absolute atomic E-state index is 8.88. The fourth-order valence-corrected chi connectivity index (χ4v) is 0. The van der Waals surface area contributed by atoms with E-state index in [2.05, 4.69) is 0 Å². The third-order valence-corrected chi connectivity index (χ3v) is 0. The lowest BCUT2D eigenvalue weighted by Gasteiger charge is -1.82. The maximum atomic E-state index is 8.88. The number of rotatable bonds is 0. The molecule has 21 heavy (non-hydrogen) atoms. The van der Waals surface area contributed by atoms with Gasteiger partial charge in [0.05, 0.1) is 0 Å². The van der Waals surface area contributed by atoms with E-state index in [-0.39, 0.29) is 32.9 Å². The molecular formula is H21O18P3. The lowest BCUT2D eigenvalue weighted by molar-refractivity contribution is 0.272. The van der Waals surface area contributed by atoms with Crippen LogP contribution in [-0.4, -0.2) is 76.9 Å². The van der Waals surface area contributed by atoms with Crippen LogP contribution in [0.4, 0.5) is 0 Å². The molecule has 0 atom stereocenters. The Morgan fingerprint density at radius 1 is 0.333 bits per heavy atom. The first-order chi connectivity index (χ1) is 6.00. The average Bonchev–Trinajstić information content (AvgIpc) is 1.41. The van der Waals surface area contributed by atoms with E-state index in [9.17, 15) is 0 Å². The van der Waals surface area contributed by atoms with Crippen LogP contribution in [0.15, 0.2) is 0 Å². The van der Waals surface area contributed by atoms with Gasteiger partial charge in [-0.15, -0.1) is 0 Å². The molecular weight excluding hydrogens is 381 g/mol. The SMILES string of the molecule is O.O.O.O.O.O.O=P(O)(O)O.O=P(O)(O)O.O=P(O)(O)O. The number of phosphoric acid groups is 3. The Labute approximate surface area is 115 Å². The normalized spacial score (nSPS) is 8.43. The molecule has 0 radical (unpaired) electrons. The molecule has 0 aromatic heterocycles. The Balaban J connectivity index is -0.0000000129. The van der Waals surface area contributed by atoms with Crippen molar-refractivity contribution < 1.29 is 90.6 Å². The zero-order valence-corrected chi connectivity index (χ0v) is 12.3. The van der Waals surface area contributed by atoms with Crippen molar-refractivity contribution in [3.05, 3.63) is 0 Å². The first kappa shape index (κ1) is 58.2. The van der Waals surface area contributed by atoms with Gasteiger partial charge in [0.25, 0.3) is 0 Å². The minimum absolute atomic E-state index is 0. The van der Waals surface area contributed by atoms with Gasteiger partial charge >= 0.3 is 23.5 Å². The fourth-order valence-electron chi connectivity index (χ4n) is 0. The highest BCUT2D eigenvalue weighted by molar-refractivity contribution is 7.45. The fraction of sp³-hybridized carbons (Fsp3) is 0. The van der Waals surface area contributed by atoms with Crippen LogP contribution < -0.4 is 0 Å². The van der Waals surface area contributed by atoms with Gasteiger partial charge < -0.3 is 76.9 Å². The maximum Gasteiger partial charge on any atom is 0.466 e. The van der Waals surface area contributed by atoms with E-state index in [0.29, 0.717) is 0 Å². The Hall–Kier alpha value is 0.0900. The highest BCUT2D eigenvalue weighted by Gasteiger charge is 2.01. The summed E-state index contributed by atoms with van der Waals surface area (Å²) in [4.78, 5) is 64.7. The first-order valence-corrected chi connectivity index (χ1v) is 7.04. The second kappa shape index (κ2) is 22.4. The smallest absolute Gasteiger partial charge is 0.412 e. The summed E-state index contributed by atoms with van der Waals surface area (Å²) in [6, 6.07) is 0. The Kier molecular flexibility index (Phi) is 62.0. The van der Waals surface area contributed by atoms with Gasteiger partial charge in [-0.05, 0) is 0 Å². The summed E-state index contributed by atoms with van der Waals surface area (Å²) in [5.74, 6) is 0. The third kappa shape index (κ3) is 812000. The van der Waals surface area contributed by atoms with E-state index >= 15 is 0 Å². The lowest BCUT2D eigenvalue weighted by Crippen LogP contribution is -1.66. The van der Waals surface area contributed by atoms with Crippen molar-refractivity contribution >= 4 is 23.5 Å². The van der Waals surface area contributed by atoms with Gasteiger partial charge in [-0.1, -0.05) is 0 Å². The molecule has 21 N–H and O–H groups in total. The van der Waals surface area contributed by atoms with Crippen LogP contribution in [0.25, 0.3) is 0 Å². The highest BCUT2D eigenvalue weighted by Crippen LogP contribution is 2.26. The summed E-state index contributed by atoms with van der Waals surface area (Å²) >= 11 is 0. The molecule has 0 aromatic rings. The topological polar surface area (TPSA) is 422 Å². The minimum atomic E-state index is -4.64. The van der Waals surface area contributed by atoms with Gasteiger partial charge in [-0.25, -0.2) is 13.7 Å². The van der Waals surface area contributed by atoms with E-state index in [1.807, 2.05) is 0 Å². The van der Waals surface area contributed by atoms with Gasteiger partial charge in [-0.3, -0.25) is 0 Å². The van der Waals surface area contributed by atoms with Gasteiger partial charge in [0, 0.05) is 0 Å². The van der Waals surface area contributed by atoms with Gasteiger partial charge in [0.2, 0.25) is 0 Å². The van der Waals surface area contributed by atoms with E-state index in [1.165, 1.54) is 0 Å². The van der Waals surface area contributed by atoms with E-state index in [0.717, 1.165) is 0 Å². The van der Waals surface area contributed by atoms with Gasteiger partial charge in [0.15, 0.2) is 0 Å². The van der Waals surface area contributed by atoms with Crippen molar-refractivity contribution in [1.82, 2.24) is 0 Å². The van der Waals surface area contributed by atoms with Crippen molar-refractivity contribution in [3.63, 3.8) is 0 Å². The largest absolute Gasteiger partial charge is 0.466 e. The molecule has 144 valence electrons.